The van der Waals surface area contributed by atoms with Crippen molar-refractivity contribution in [3.63, 3.8) is 0 Å². The Morgan fingerprint density at radius 3 is 2.44 bits per heavy atom. The maximum Gasteiger partial charge on any atom is 0.0595 e. The summed E-state index contributed by atoms with van der Waals surface area (Å²) in [5.41, 5.74) is 7.44. The zero-order valence-electron chi connectivity index (χ0n) is 9.00. The molecular weight excluding hydrogens is 241 g/mol. The van der Waals surface area contributed by atoms with Crippen molar-refractivity contribution in [2.24, 2.45) is 23.5 Å². The molecule has 0 aliphatic heterocycles. The molecule has 3 heteroatoms. The number of rotatable bonds is 2. The number of hydrogen-bond acceptors (Lipinski definition) is 1. The van der Waals surface area contributed by atoms with E-state index >= 15 is 0 Å². The first-order chi connectivity index (χ1) is 7.68. The molecule has 86 valence electrons. The second-order valence-electron chi connectivity index (χ2n) is 5.04. The fourth-order valence-electron chi connectivity index (χ4n) is 3.35. The zero-order chi connectivity index (χ0) is 11.3. The molecule has 2 aliphatic carbocycles. The predicted octanol–water partition coefficient (Wildman–Crippen LogP) is 4.04. The van der Waals surface area contributed by atoms with E-state index in [0.29, 0.717) is 16.0 Å². The van der Waals surface area contributed by atoms with Gasteiger partial charge in [0.2, 0.25) is 0 Å². The van der Waals surface area contributed by atoms with E-state index < -0.39 is 0 Å². The van der Waals surface area contributed by atoms with Crippen LogP contribution in [0, 0.1) is 17.8 Å². The van der Waals surface area contributed by atoms with Crippen molar-refractivity contribution in [3.8, 4) is 0 Å². The summed E-state index contributed by atoms with van der Waals surface area (Å²) in [5.74, 6) is 2.44. The van der Waals surface area contributed by atoms with Gasteiger partial charge in [0.05, 0.1) is 10.0 Å². The minimum absolute atomic E-state index is 0.144. The summed E-state index contributed by atoms with van der Waals surface area (Å²) >= 11 is 11.9. The van der Waals surface area contributed by atoms with Crippen LogP contribution in [0.25, 0.3) is 0 Å². The van der Waals surface area contributed by atoms with Crippen LogP contribution in [0.3, 0.4) is 0 Å². The molecule has 0 aromatic heterocycles. The van der Waals surface area contributed by atoms with Crippen molar-refractivity contribution >= 4 is 23.2 Å². The molecule has 1 aromatic rings. The van der Waals surface area contributed by atoms with Crippen LogP contribution < -0.4 is 5.73 Å². The molecule has 2 N–H and O–H groups in total. The van der Waals surface area contributed by atoms with E-state index in [0.717, 1.165) is 17.4 Å². The van der Waals surface area contributed by atoms with Crippen molar-refractivity contribution in [3.05, 3.63) is 33.8 Å². The van der Waals surface area contributed by atoms with Crippen LogP contribution in [0.4, 0.5) is 0 Å². The minimum atomic E-state index is 0.144. The summed E-state index contributed by atoms with van der Waals surface area (Å²) in [4.78, 5) is 0. The molecule has 0 spiro atoms. The molecule has 2 saturated carbocycles. The Hall–Kier alpha value is -0.240. The number of hydrogen-bond donors (Lipinski definition) is 1. The Balaban J connectivity index is 1.79. The van der Waals surface area contributed by atoms with Crippen molar-refractivity contribution in [1.82, 2.24) is 0 Å². The normalized spacial score (nSPS) is 33.6. The lowest BCUT2D eigenvalue weighted by Gasteiger charge is -2.14. The largest absolute Gasteiger partial charge is 0.324 e. The average molecular weight is 256 g/mol. The molecule has 3 unspecified atom stereocenters. The lowest BCUT2D eigenvalue weighted by molar-refractivity contribution is 0.502. The molecule has 2 fully saturated rings. The second-order valence-corrected chi connectivity index (χ2v) is 5.85. The molecule has 0 bridgehead atoms. The number of fused-ring (bicyclic) bond motifs is 1. The van der Waals surface area contributed by atoms with Gasteiger partial charge in [0.25, 0.3) is 0 Å². The summed E-state index contributed by atoms with van der Waals surface area (Å²) in [6, 6.07) is 5.91. The van der Waals surface area contributed by atoms with Gasteiger partial charge in [-0.05, 0) is 48.3 Å². The van der Waals surface area contributed by atoms with Crippen LogP contribution in [0.15, 0.2) is 18.2 Å². The van der Waals surface area contributed by atoms with Gasteiger partial charge in [-0.3, -0.25) is 0 Å². The van der Waals surface area contributed by atoms with Crippen molar-refractivity contribution in [1.29, 1.82) is 0 Å². The Morgan fingerprint density at radius 2 is 1.81 bits per heavy atom. The molecule has 0 heterocycles. The van der Waals surface area contributed by atoms with Gasteiger partial charge < -0.3 is 5.73 Å². The van der Waals surface area contributed by atoms with E-state index in [-0.39, 0.29) is 6.04 Å². The van der Waals surface area contributed by atoms with Crippen LogP contribution in [0.5, 0.6) is 0 Å². The Morgan fingerprint density at radius 1 is 1.12 bits per heavy atom. The van der Waals surface area contributed by atoms with Gasteiger partial charge >= 0.3 is 0 Å². The summed E-state index contributed by atoms with van der Waals surface area (Å²) in [6.45, 7) is 0. The first-order valence-corrected chi connectivity index (χ1v) is 6.64. The SMILES string of the molecule is NC(c1ccc(Cl)c(Cl)c1)C1C2CCCC21. The van der Waals surface area contributed by atoms with Crippen LogP contribution in [0.1, 0.15) is 30.9 Å². The van der Waals surface area contributed by atoms with Gasteiger partial charge in [-0.15, -0.1) is 0 Å². The molecule has 1 nitrogen and oxygen atoms in total. The smallest absolute Gasteiger partial charge is 0.0595 e. The lowest BCUT2D eigenvalue weighted by atomic mass is 9.98. The van der Waals surface area contributed by atoms with E-state index in [1.54, 1.807) is 0 Å². The first kappa shape index (κ1) is 10.9. The van der Waals surface area contributed by atoms with E-state index in [9.17, 15) is 0 Å². The van der Waals surface area contributed by atoms with Crippen LogP contribution >= 0.6 is 23.2 Å². The molecular formula is C13H15Cl2N. The van der Waals surface area contributed by atoms with E-state index in [4.69, 9.17) is 28.9 Å². The Bertz CT molecular complexity index is 408. The molecule has 0 saturated heterocycles. The third-order valence-corrected chi connectivity index (χ3v) is 4.96. The summed E-state index contributed by atoms with van der Waals surface area (Å²) < 4.78 is 0. The second kappa shape index (κ2) is 3.90. The third kappa shape index (κ3) is 1.66. The zero-order valence-corrected chi connectivity index (χ0v) is 10.5. The van der Waals surface area contributed by atoms with E-state index in [1.807, 2.05) is 18.2 Å². The summed E-state index contributed by atoms with van der Waals surface area (Å²) in [7, 11) is 0. The van der Waals surface area contributed by atoms with Crippen molar-refractivity contribution < 1.29 is 0 Å². The maximum atomic E-state index is 6.31. The standard InChI is InChI=1S/C13H15Cl2N/c14-10-5-4-7(6-11(10)15)13(16)12-8-2-1-3-9(8)12/h4-6,8-9,12-13H,1-3,16H2. The van der Waals surface area contributed by atoms with Crippen LogP contribution in [-0.4, -0.2) is 0 Å². The predicted molar refractivity (Wildman–Crippen MR) is 67.7 cm³/mol. The van der Waals surface area contributed by atoms with Gasteiger partial charge in [0, 0.05) is 6.04 Å². The maximum absolute atomic E-state index is 6.31. The van der Waals surface area contributed by atoms with Gasteiger partial charge in [-0.2, -0.15) is 0 Å². The summed E-state index contributed by atoms with van der Waals surface area (Å²) in [6.07, 6.45) is 4.12. The highest BCUT2D eigenvalue weighted by Gasteiger charge is 2.55. The molecule has 16 heavy (non-hydrogen) atoms. The van der Waals surface area contributed by atoms with Crippen molar-refractivity contribution in [2.45, 2.75) is 25.3 Å². The monoisotopic (exact) mass is 255 g/mol. The molecule has 2 aliphatic rings. The molecule has 3 rings (SSSR count). The number of halogens is 2. The highest BCUT2D eigenvalue weighted by atomic mass is 35.5. The Kier molecular flexibility index (Phi) is 2.66. The van der Waals surface area contributed by atoms with Crippen LogP contribution in [0.2, 0.25) is 10.0 Å². The quantitative estimate of drug-likeness (QED) is 0.849. The van der Waals surface area contributed by atoms with Gasteiger partial charge in [0.1, 0.15) is 0 Å². The van der Waals surface area contributed by atoms with Crippen molar-refractivity contribution in [2.75, 3.05) is 0 Å². The molecule has 0 radical (unpaired) electrons. The first-order valence-electron chi connectivity index (χ1n) is 5.89. The van der Waals surface area contributed by atoms with E-state index in [1.165, 1.54) is 19.3 Å². The molecule has 0 amide bonds. The van der Waals surface area contributed by atoms with Gasteiger partial charge in [0.15, 0.2) is 0 Å². The Labute approximate surface area is 106 Å². The lowest BCUT2D eigenvalue weighted by Crippen LogP contribution is -2.15. The number of nitrogens with two attached hydrogens (primary N) is 1. The highest BCUT2D eigenvalue weighted by Crippen LogP contribution is 2.61. The van der Waals surface area contributed by atoms with E-state index in [2.05, 4.69) is 0 Å². The topological polar surface area (TPSA) is 26.0 Å². The average Bonchev–Trinajstić information content (AvgIpc) is 2.74. The summed E-state index contributed by atoms with van der Waals surface area (Å²) in [5, 5.41) is 1.22. The minimum Gasteiger partial charge on any atom is -0.324 e. The third-order valence-electron chi connectivity index (χ3n) is 4.22. The van der Waals surface area contributed by atoms with Crippen LogP contribution in [-0.2, 0) is 0 Å². The molecule has 1 aromatic carbocycles. The van der Waals surface area contributed by atoms with Gasteiger partial charge in [-0.25, -0.2) is 0 Å². The number of benzene rings is 1. The highest BCUT2D eigenvalue weighted by molar-refractivity contribution is 6.42. The fraction of sp³-hybridized carbons (Fsp3) is 0.538. The van der Waals surface area contributed by atoms with Gasteiger partial charge in [-0.1, -0.05) is 35.7 Å². The molecule has 3 atom stereocenters. The fourth-order valence-corrected chi connectivity index (χ4v) is 3.66.